The predicted octanol–water partition coefficient (Wildman–Crippen LogP) is 2.96. The number of aryl methyl sites for hydroxylation is 1. The van der Waals surface area contributed by atoms with Crippen LogP contribution in [0.2, 0.25) is 0 Å². The predicted molar refractivity (Wildman–Crippen MR) is 118 cm³/mol. The lowest BCUT2D eigenvalue weighted by Crippen LogP contribution is -2.39. The number of fused-ring (bicyclic) bond motifs is 1. The van der Waals surface area contributed by atoms with Crippen LogP contribution in [0.25, 0.3) is 0 Å². The zero-order chi connectivity index (χ0) is 21.1. The molecule has 1 unspecified atom stereocenters. The Morgan fingerprint density at radius 3 is 2.79 bits per heavy atom. The van der Waals surface area contributed by atoms with Gasteiger partial charge in [-0.1, -0.05) is 13.8 Å². The molecule has 0 aliphatic carbocycles. The van der Waals surface area contributed by atoms with Gasteiger partial charge in [0.1, 0.15) is 12.4 Å². The molecule has 1 atom stereocenters. The average molecular weight is 405 g/mol. The molecule has 1 aliphatic rings. The van der Waals surface area contributed by atoms with Crippen molar-refractivity contribution < 1.29 is 14.3 Å². The van der Waals surface area contributed by atoms with Crippen molar-refractivity contribution in [1.82, 2.24) is 10.6 Å². The monoisotopic (exact) mass is 404 g/mol. The van der Waals surface area contributed by atoms with Gasteiger partial charge >= 0.3 is 0 Å². The molecular weight excluding hydrogens is 368 g/mol. The summed E-state index contributed by atoms with van der Waals surface area (Å²) in [6.07, 6.45) is 2.43. The Morgan fingerprint density at radius 1 is 1.24 bits per heavy atom. The first-order valence-electron chi connectivity index (χ1n) is 10.7. The Bertz CT molecular complexity index is 676. The number of aliphatic imine (C=N–C) groups is 1. The number of benzene rings is 1. The molecule has 0 saturated heterocycles. The van der Waals surface area contributed by atoms with E-state index in [1.807, 2.05) is 25.1 Å². The first-order valence-corrected chi connectivity index (χ1v) is 10.7. The van der Waals surface area contributed by atoms with Gasteiger partial charge in [-0.05, 0) is 56.4 Å². The molecule has 0 saturated carbocycles. The Morgan fingerprint density at radius 2 is 2.07 bits per heavy atom. The van der Waals surface area contributed by atoms with Gasteiger partial charge in [0.25, 0.3) is 0 Å². The van der Waals surface area contributed by atoms with E-state index in [1.54, 1.807) is 0 Å². The molecule has 0 aromatic heterocycles. The molecule has 7 heteroatoms. The smallest absolute Gasteiger partial charge is 0.224 e. The Balaban J connectivity index is 1.76. The van der Waals surface area contributed by atoms with Gasteiger partial charge in [0.2, 0.25) is 5.91 Å². The molecule has 1 aromatic carbocycles. The molecule has 162 valence electrons. The van der Waals surface area contributed by atoms with Crippen molar-refractivity contribution in [3.63, 3.8) is 0 Å². The first kappa shape index (κ1) is 23.0. The largest absolute Gasteiger partial charge is 0.492 e. The van der Waals surface area contributed by atoms with Crippen molar-refractivity contribution in [2.45, 2.75) is 53.1 Å². The minimum atomic E-state index is 0.0755. The molecule has 1 aromatic rings. The maximum absolute atomic E-state index is 11.4. The van der Waals surface area contributed by atoms with Gasteiger partial charge in [0.15, 0.2) is 5.96 Å². The van der Waals surface area contributed by atoms with Crippen LogP contribution in [0.1, 0.15) is 46.1 Å². The van der Waals surface area contributed by atoms with Crippen molar-refractivity contribution in [1.29, 1.82) is 0 Å². The third-order valence-corrected chi connectivity index (χ3v) is 4.79. The lowest BCUT2D eigenvalue weighted by atomic mass is 10.0. The fraction of sp³-hybridized carbons (Fsp3) is 0.636. The highest BCUT2D eigenvalue weighted by Crippen LogP contribution is 2.26. The minimum absolute atomic E-state index is 0.0755. The van der Waals surface area contributed by atoms with E-state index in [0.29, 0.717) is 25.5 Å². The zero-order valence-corrected chi connectivity index (χ0v) is 18.2. The number of amides is 1. The lowest BCUT2D eigenvalue weighted by Gasteiger charge is -2.20. The van der Waals surface area contributed by atoms with Crippen molar-refractivity contribution in [3.8, 4) is 5.75 Å². The molecular formula is C22H36N4O3. The van der Waals surface area contributed by atoms with Gasteiger partial charge in [-0.25, -0.2) is 0 Å². The second kappa shape index (κ2) is 12.3. The summed E-state index contributed by atoms with van der Waals surface area (Å²) in [5.74, 6) is 2.17. The van der Waals surface area contributed by atoms with Crippen molar-refractivity contribution in [2.75, 3.05) is 38.2 Å². The Labute approximate surface area is 174 Å². The number of nitrogens with zero attached hydrogens (tertiary/aromatic N) is 1. The topological polar surface area (TPSA) is 84.0 Å². The summed E-state index contributed by atoms with van der Waals surface area (Å²) in [6.45, 7) is 11.9. The van der Waals surface area contributed by atoms with Crippen LogP contribution in [0.4, 0.5) is 5.69 Å². The summed E-state index contributed by atoms with van der Waals surface area (Å²) in [6, 6.07) is 5.81. The molecule has 1 amide bonds. The quantitative estimate of drug-likeness (QED) is 0.300. The molecule has 2 rings (SSSR count). The molecule has 3 N–H and O–H groups in total. The van der Waals surface area contributed by atoms with Crippen LogP contribution in [-0.2, 0) is 16.0 Å². The van der Waals surface area contributed by atoms with Gasteiger partial charge in [-0.2, -0.15) is 0 Å². The van der Waals surface area contributed by atoms with Crippen LogP contribution in [0, 0.1) is 5.92 Å². The van der Waals surface area contributed by atoms with Crippen molar-refractivity contribution in [3.05, 3.63) is 23.8 Å². The van der Waals surface area contributed by atoms with Gasteiger partial charge in [0.05, 0.1) is 12.6 Å². The third kappa shape index (κ3) is 7.93. The summed E-state index contributed by atoms with van der Waals surface area (Å²) in [4.78, 5) is 16.1. The van der Waals surface area contributed by atoms with E-state index >= 15 is 0 Å². The highest BCUT2D eigenvalue weighted by Gasteiger charge is 2.15. The highest BCUT2D eigenvalue weighted by molar-refractivity contribution is 5.94. The summed E-state index contributed by atoms with van der Waals surface area (Å²) in [7, 11) is 0. The molecule has 0 spiro atoms. The average Bonchev–Trinajstić information content (AvgIpc) is 2.70. The fourth-order valence-electron chi connectivity index (χ4n) is 3.26. The van der Waals surface area contributed by atoms with E-state index in [9.17, 15) is 4.79 Å². The Kier molecular flexibility index (Phi) is 9.77. The van der Waals surface area contributed by atoms with Crippen LogP contribution in [-0.4, -0.2) is 50.8 Å². The molecule has 29 heavy (non-hydrogen) atoms. The number of carbonyl (C=O) groups is 1. The van der Waals surface area contributed by atoms with Crippen LogP contribution in [0.15, 0.2) is 23.2 Å². The maximum atomic E-state index is 11.4. The Hall–Kier alpha value is -2.28. The van der Waals surface area contributed by atoms with E-state index in [2.05, 4.69) is 41.7 Å². The second-order valence-corrected chi connectivity index (χ2v) is 7.43. The molecule has 0 radical (unpaired) electrons. The van der Waals surface area contributed by atoms with Crippen LogP contribution in [0.3, 0.4) is 0 Å². The maximum Gasteiger partial charge on any atom is 0.224 e. The highest BCUT2D eigenvalue weighted by atomic mass is 16.5. The summed E-state index contributed by atoms with van der Waals surface area (Å²) < 4.78 is 11.6. The number of ether oxygens (including phenoxy) is 2. The molecule has 1 heterocycles. The van der Waals surface area contributed by atoms with E-state index in [4.69, 9.17) is 9.47 Å². The van der Waals surface area contributed by atoms with E-state index in [1.165, 1.54) is 0 Å². The fourth-order valence-corrected chi connectivity index (χ4v) is 3.26. The van der Waals surface area contributed by atoms with Gasteiger partial charge in [-0.15, -0.1) is 0 Å². The molecule has 7 nitrogen and oxygen atoms in total. The molecule has 0 fully saturated rings. The van der Waals surface area contributed by atoms with Gasteiger partial charge < -0.3 is 25.4 Å². The first-order chi connectivity index (χ1) is 14.0. The molecule has 0 bridgehead atoms. The standard InChI is InChI=1S/C22H36N4O3/c1-5-23-22(24-12-11-20(16(3)4)28-6-2)25-13-14-29-18-8-9-19-17(15-18)7-10-21(27)26-19/h8-9,15-16,20H,5-7,10-14H2,1-4H3,(H,26,27)(H2,23,24,25). The zero-order valence-electron chi connectivity index (χ0n) is 18.2. The SMILES string of the molecule is CCNC(=NCCC(OCC)C(C)C)NCCOc1ccc2c(c1)CCC(=O)N2. The van der Waals surface area contributed by atoms with Crippen LogP contribution >= 0.6 is 0 Å². The minimum Gasteiger partial charge on any atom is -0.492 e. The summed E-state index contributed by atoms with van der Waals surface area (Å²) in [5.41, 5.74) is 2.01. The molecule has 1 aliphatic heterocycles. The number of rotatable bonds is 11. The van der Waals surface area contributed by atoms with E-state index in [0.717, 1.165) is 55.5 Å². The number of hydrogen-bond donors (Lipinski definition) is 3. The number of anilines is 1. The normalized spacial score (nSPS) is 14.9. The van der Waals surface area contributed by atoms with Crippen LogP contribution in [0.5, 0.6) is 5.75 Å². The van der Waals surface area contributed by atoms with Gasteiger partial charge in [-0.3, -0.25) is 9.79 Å². The van der Waals surface area contributed by atoms with E-state index < -0.39 is 0 Å². The van der Waals surface area contributed by atoms with Crippen molar-refractivity contribution in [2.24, 2.45) is 10.9 Å². The van der Waals surface area contributed by atoms with Crippen molar-refractivity contribution >= 4 is 17.6 Å². The number of carbonyl (C=O) groups excluding carboxylic acids is 1. The second-order valence-electron chi connectivity index (χ2n) is 7.43. The summed E-state index contributed by atoms with van der Waals surface area (Å²) >= 11 is 0. The number of guanidine groups is 1. The van der Waals surface area contributed by atoms with Gasteiger partial charge in [0, 0.05) is 31.8 Å². The van der Waals surface area contributed by atoms with E-state index in [-0.39, 0.29) is 12.0 Å². The third-order valence-electron chi connectivity index (χ3n) is 4.79. The lowest BCUT2D eigenvalue weighted by molar-refractivity contribution is -0.116. The summed E-state index contributed by atoms with van der Waals surface area (Å²) in [5, 5.41) is 9.46. The number of nitrogens with one attached hydrogen (secondary N) is 3. The van der Waals surface area contributed by atoms with Crippen LogP contribution < -0.4 is 20.7 Å². The number of hydrogen-bond acceptors (Lipinski definition) is 4.